The molecule has 1 heterocycles. The molecule has 0 atom stereocenters. The van der Waals surface area contributed by atoms with Crippen LogP contribution in [0, 0.1) is 10.6 Å². The third-order valence-corrected chi connectivity index (χ3v) is 4.61. The van der Waals surface area contributed by atoms with Gasteiger partial charge in [0.25, 0.3) is 0 Å². The molecule has 20 heavy (non-hydrogen) atoms. The topological polar surface area (TPSA) is 20.7 Å². The monoisotopic (exact) mass is 434 g/mol. The van der Waals surface area contributed by atoms with E-state index >= 15 is 0 Å². The highest BCUT2D eigenvalue weighted by atomic mass is 79.9. The molecule has 1 aromatic heterocycles. The van der Waals surface area contributed by atoms with Crippen molar-refractivity contribution < 1.29 is 4.39 Å². The molecule has 2 nitrogen and oxygen atoms in total. The number of nitrogens with zero attached hydrogens (tertiary/aromatic N) is 1. The first-order chi connectivity index (χ1) is 9.47. The van der Waals surface area contributed by atoms with Gasteiger partial charge in [0, 0.05) is 15.0 Å². The number of rotatable bonds is 1. The van der Waals surface area contributed by atoms with Crippen molar-refractivity contribution in [3.05, 3.63) is 54.9 Å². The van der Waals surface area contributed by atoms with Gasteiger partial charge >= 0.3 is 0 Å². The minimum Gasteiger partial charge on any atom is -0.330 e. The van der Waals surface area contributed by atoms with E-state index in [9.17, 15) is 4.39 Å². The molecule has 0 saturated heterocycles. The Bertz CT molecular complexity index is 888. The lowest BCUT2D eigenvalue weighted by molar-refractivity contribution is 0.630. The number of imidazole rings is 1. The Morgan fingerprint density at radius 1 is 1.20 bits per heavy atom. The van der Waals surface area contributed by atoms with Gasteiger partial charge in [-0.15, -0.1) is 0 Å². The van der Waals surface area contributed by atoms with E-state index < -0.39 is 5.82 Å². The number of hydrogen-bond acceptors (Lipinski definition) is 1. The molecule has 0 saturated carbocycles. The van der Waals surface area contributed by atoms with Crippen LogP contribution in [0.3, 0.4) is 0 Å². The number of halogens is 4. The van der Waals surface area contributed by atoms with Gasteiger partial charge in [-0.1, -0.05) is 27.5 Å². The summed E-state index contributed by atoms with van der Waals surface area (Å²) in [5.74, 6) is -0.476. The average Bonchev–Trinajstić information content (AvgIpc) is 2.69. The predicted octanol–water partition coefficient (Wildman–Crippen LogP) is 6.01. The zero-order chi connectivity index (χ0) is 14.4. The molecule has 1 N–H and O–H groups in total. The Morgan fingerprint density at radius 2 is 1.95 bits per heavy atom. The molecular weight excluding hydrogens is 430 g/mol. The maximum atomic E-state index is 13.5. The van der Waals surface area contributed by atoms with E-state index in [1.165, 1.54) is 6.07 Å². The lowest BCUT2D eigenvalue weighted by Crippen LogP contribution is -1.95. The summed E-state index contributed by atoms with van der Waals surface area (Å²) in [6.45, 7) is 0. The molecular formula is C13H6Br2ClFN2S. The van der Waals surface area contributed by atoms with Gasteiger partial charge in [0.05, 0.1) is 21.7 Å². The lowest BCUT2D eigenvalue weighted by Gasteiger charge is -2.08. The highest BCUT2D eigenvalue weighted by molar-refractivity contribution is 9.11. The first-order valence-corrected chi connectivity index (χ1v) is 7.90. The maximum absolute atomic E-state index is 13.5. The van der Waals surface area contributed by atoms with Gasteiger partial charge in [-0.25, -0.2) is 4.39 Å². The Morgan fingerprint density at radius 3 is 2.70 bits per heavy atom. The molecule has 3 aromatic rings. The number of fused-ring (bicyclic) bond motifs is 1. The van der Waals surface area contributed by atoms with Crippen LogP contribution in [0.5, 0.6) is 0 Å². The van der Waals surface area contributed by atoms with Crippen molar-refractivity contribution in [2.24, 2.45) is 0 Å². The summed E-state index contributed by atoms with van der Waals surface area (Å²) < 4.78 is 17.6. The molecule has 0 amide bonds. The molecule has 7 heteroatoms. The van der Waals surface area contributed by atoms with Crippen LogP contribution in [-0.4, -0.2) is 9.55 Å². The Balaban J connectivity index is 2.42. The molecule has 0 radical (unpaired) electrons. The predicted molar refractivity (Wildman–Crippen MR) is 88.8 cm³/mol. The summed E-state index contributed by atoms with van der Waals surface area (Å²) in [5, 5.41) is 0.0615. The smallest absolute Gasteiger partial charge is 0.182 e. The second-order valence-corrected chi connectivity index (χ2v) is 6.71. The summed E-state index contributed by atoms with van der Waals surface area (Å²) >= 11 is 18.1. The van der Waals surface area contributed by atoms with E-state index in [1.54, 1.807) is 6.07 Å². The summed E-state index contributed by atoms with van der Waals surface area (Å²) in [4.78, 5) is 2.98. The van der Waals surface area contributed by atoms with Gasteiger partial charge in [0.1, 0.15) is 5.82 Å². The van der Waals surface area contributed by atoms with Crippen molar-refractivity contribution in [1.29, 1.82) is 0 Å². The van der Waals surface area contributed by atoms with Crippen LogP contribution in [0.15, 0.2) is 39.3 Å². The van der Waals surface area contributed by atoms with Crippen LogP contribution in [-0.2, 0) is 0 Å². The molecule has 0 aliphatic carbocycles. The third kappa shape index (κ3) is 2.35. The van der Waals surface area contributed by atoms with Crippen LogP contribution < -0.4 is 0 Å². The molecule has 102 valence electrons. The SMILES string of the molecule is Fc1cc2[nH]c(=S)n(-c3cc(Br)ccc3Br)c2cc1Cl. The van der Waals surface area contributed by atoms with E-state index in [0.717, 1.165) is 20.1 Å². The minimum atomic E-state index is -0.476. The lowest BCUT2D eigenvalue weighted by atomic mass is 10.2. The number of aromatic amines is 1. The molecule has 0 aliphatic rings. The fourth-order valence-corrected chi connectivity index (χ4v) is 3.24. The van der Waals surface area contributed by atoms with Crippen molar-refractivity contribution in [3.63, 3.8) is 0 Å². The van der Waals surface area contributed by atoms with Gasteiger partial charge in [0.2, 0.25) is 0 Å². The first kappa shape index (κ1) is 14.3. The highest BCUT2D eigenvalue weighted by Crippen LogP contribution is 2.30. The normalized spacial score (nSPS) is 11.2. The number of hydrogen-bond donors (Lipinski definition) is 1. The summed E-state index contributed by atoms with van der Waals surface area (Å²) in [6, 6.07) is 8.65. The van der Waals surface area contributed by atoms with Crippen LogP contribution in [0.2, 0.25) is 5.02 Å². The number of H-pyrrole nitrogens is 1. The van der Waals surface area contributed by atoms with Crippen LogP contribution in [0.25, 0.3) is 16.7 Å². The molecule has 0 bridgehead atoms. The standard InChI is InChI=1S/C13H6Br2ClFN2S/c14-6-1-2-7(15)11(3-6)19-12-4-8(16)9(17)5-10(12)18-13(19)20/h1-5H,(H,18,20). The van der Waals surface area contributed by atoms with Crippen LogP contribution in [0.4, 0.5) is 4.39 Å². The van der Waals surface area contributed by atoms with Gasteiger partial charge in [-0.2, -0.15) is 0 Å². The van der Waals surface area contributed by atoms with Crippen LogP contribution >= 0.6 is 55.7 Å². The zero-order valence-electron chi connectivity index (χ0n) is 9.75. The summed E-state index contributed by atoms with van der Waals surface area (Å²) in [6.07, 6.45) is 0. The quantitative estimate of drug-likeness (QED) is 0.464. The Kier molecular flexibility index (Phi) is 3.75. The van der Waals surface area contributed by atoms with Crippen molar-refractivity contribution in [1.82, 2.24) is 9.55 Å². The van der Waals surface area contributed by atoms with Gasteiger partial charge in [0.15, 0.2) is 4.77 Å². The van der Waals surface area contributed by atoms with Gasteiger partial charge in [-0.05, 0) is 52.4 Å². The van der Waals surface area contributed by atoms with Crippen molar-refractivity contribution in [2.45, 2.75) is 0 Å². The molecule has 3 rings (SSSR count). The molecule has 0 fully saturated rings. The fraction of sp³-hybridized carbons (Fsp3) is 0. The van der Waals surface area contributed by atoms with Crippen molar-refractivity contribution in [2.75, 3.05) is 0 Å². The molecule has 2 aromatic carbocycles. The van der Waals surface area contributed by atoms with Crippen molar-refractivity contribution in [3.8, 4) is 5.69 Å². The number of benzene rings is 2. The second-order valence-electron chi connectivity index (χ2n) is 4.14. The Labute approximate surface area is 140 Å². The van der Waals surface area contributed by atoms with Crippen molar-refractivity contribution >= 4 is 66.7 Å². The molecule has 0 aliphatic heterocycles. The zero-order valence-corrected chi connectivity index (χ0v) is 14.5. The highest BCUT2D eigenvalue weighted by Gasteiger charge is 2.12. The number of aromatic nitrogens is 2. The first-order valence-electron chi connectivity index (χ1n) is 5.52. The maximum Gasteiger partial charge on any atom is 0.182 e. The largest absolute Gasteiger partial charge is 0.330 e. The van der Waals surface area contributed by atoms with E-state index in [2.05, 4.69) is 36.8 Å². The fourth-order valence-electron chi connectivity index (χ4n) is 2.00. The third-order valence-electron chi connectivity index (χ3n) is 2.87. The van der Waals surface area contributed by atoms with Gasteiger partial charge in [-0.3, -0.25) is 4.57 Å². The molecule has 0 spiro atoms. The summed E-state index contributed by atoms with van der Waals surface area (Å²) in [5.41, 5.74) is 2.17. The van der Waals surface area contributed by atoms with E-state index in [0.29, 0.717) is 10.3 Å². The van der Waals surface area contributed by atoms with E-state index in [1.807, 2.05) is 22.8 Å². The second kappa shape index (κ2) is 5.26. The minimum absolute atomic E-state index is 0.0615. The van der Waals surface area contributed by atoms with Gasteiger partial charge < -0.3 is 4.98 Å². The number of nitrogens with one attached hydrogen (secondary N) is 1. The Hall–Kier alpha value is -0.690. The molecule has 0 unspecified atom stereocenters. The summed E-state index contributed by atoms with van der Waals surface area (Å²) in [7, 11) is 0. The van der Waals surface area contributed by atoms with Crippen LogP contribution in [0.1, 0.15) is 0 Å². The van der Waals surface area contributed by atoms with E-state index in [-0.39, 0.29) is 5.02 Å². The average molecular weight is 437 g/mol. The van der Waals surface area contributed by atoms with E-state index in [4.69, 9.17) is 23.8 Å².